The number of rotatable bonds is 9. The fourth-order valence-corrected chi connectivity index (χ4v) is 4.00. The zero-order chi connectivity index (χ0) is 23.2. The summed E-state index contributed by atoms with van der Waals surface area (Å²) in [5.41, 5.74) is 0.767. The average Bonchev–Trinajstić information content (AvgIpc) is 3.21. The van der Waals surface area contributed by atoms with E-state index in [4.69, 9.17) is 9.47 Å². The Balaban J connectivity index is 1.35. The van der Waals surface area contributed by atoms with Crippen LogP contribution >= 0.6 is 11.3 Å². The van der Waals surface area contributed by atoms with Crippen molar-refractivity contribution in [3.05, 3.63) is 81.5 Å². The number of nitrogens with one attached hydrogen (secondary N) is 1. The molecule has 2 aromatic carbocycles. The Morgan fingerprint density at radius 3 is 2.73 bits per heavy atom. The summed E-state index contributed by atoms with van der Waals surface area (Å²) in [6, 6.07) is 13.7. The predicted octanol–water partition coefficient (Wildman–Crippen LogP) is 3.84. The van der Waals surface area contributed by atoms with Gasteiger partial charge in [0.05, 0.1) is 5.69 Å². The molecule has 0 spiro atoms. The Morgan fingerprint density at radius 2 is 1.94 bits per heavy atom. The molecule has 33 heavy (non-hydrogen) atoms. The van der Waals surface area contributed by atoms with Crippen LogP contribution in [0.2, 0.25) is 0 Å². The zero-order valence-electron chi connectivity index (χ0n) is 17.8. The van der Waals surface area contributed by atoms with E-state index in [0.717, 1.165) is 17.8 Å². The van der Waals surface area contributed by atoms with Gasteiger partial charge in [0.15, 0.2) is 6.61 Å². The molecule has 2 aromatic heterocycles. The molecule has 0 saturated carbocycles. The van der Waals surface area contributed by atoms with Crippen molar-refractivity contribution < 1.29 is 18.7 Å². The van der Waals surface area contributed by atoms with E-state index in [-0.39, 0.29) is 30.5 Å². The third-order valence-electron chi connectivity index (χ3n) is 4.49. The molecule has 0 radical (unpaired) electrons. The summed E-state index contributed by atoms with van der Waals surface area (Å²) < 4.78 is 25.3. The van der Waals surface area contributed by atoms with E-state index >= 15 is 0 Å². The Bertz CT molecular complexity index is 1320. The Morgan fingerprint density at radius 1 is 1.12 bits per heavy atom. The lowest BCUT2D eigenvalue weighted by Crippen LogP contribution is -2.20. The minimum absolute atomic E-state index is 0.0951. The van der Waals surface area contributed by atoms with Crippen LogP contribution in [-0.4, -0.2) is 27.1 Å². The molecular weight excluding hydrogens is 447 g/mol. The van der Waals surface area contributed by atoms with Crippen molar-refractivity contribution in [1.82, 2.24) is 14.6 Å². The van der Waals surface area contributed by atoms with Crippen molar-refractivity contribution in [2.24, 2.45) is 0 Å². The number of halogens is 1. The minimum atomic E-state index is -0.378. The van der Waals surface area contributed by atoms with Gasteiger partial charge in [0.1, 0.15) is 28.9 Å². The number of carbonyl (C=O) groups is 1. The first-order valence-corrected chi connectivity index (χ1v) is 11.1. The van der Waals surface area contributed by atoms with Gasteiger partial charge in [0.2, 0.25) is 4.96 Å². The zero-order valence-corrected chi connectivity index (χ0v) is 18.6. The summed E-state index contributed by atoms with van der Waals surface area (Å²) >= 11 is 1.39. The van der Waals surface area contributed by atoms with Crippen molar-refractivity contribution in [1.29, 1.82) is 0 Å². The topological polar surface area (TPSA) is 94.8 Å². The van der Waals surface area contributed by atoms with Gasteiger partial charge in [-0.05, 0) is 42.8 Å². The molecule has 0 saturated heterocycles. The van der Waals surface area contributed by atoms with Crippen LogP contribution in [0.15, 0.2) is 59.4 Å². The van der Waals surface area contributed by atoms with Crippen LogP contribution in [-0.2, 0) is 17.8 Å². The number of anilines is 1. The molecule has 10 heteroatoms. The quantitative estimate of drug-likeness (QED) is 0.401. The lowest BCUT2D eigenvalue weighted by Gasteiger charge is -2.10. The smallest absolute Gasteiger partial charge is 0.275 e. The maximum absolute atomic E-state index is 12.9. The Kier molecular flexibility index (Phi) is 6.94. The van der Waals surface area contributed by atoms with Crippen LogP contribution in [0.5, 0.6) is 11.5 Å². The molecule has 4 rings (SSSR count). The second-order valence-electron chi connectivity index (χ2n) is 7.13. The Hall–Kier alpha value is -3.79. The predicted molar refractivity (Wildman–Crippen MR) is 122 cm³/mol. The second-order valence-corrected chi connectivity index (χ2v) is 8.17. The van der Waals surface area contributed by atoms with Crippen molar-refractivity contribution in [2.45, 2.75) is 26.4 Å². The maximum Gasteiger partial charge on any atom is 0.275 e. The van der Waals surface area contributed by atoms with Crippen LogP contribution in [0.4, 0.5) is 10.1 Å². The van der Waals surface area contributed by atoms with Crippen molar-refractivity contribution in [2.75, 3.05) is 11.9 Å². The highest BCUT2D eigenvalue weighted by Crippen LogP contribution is 2.19. The molecule has 170 valence electrons. The number of hydrogen-bond donors (Lipinski definition) is 1. The monoisotopic (exact) mass is 468 g/mol. The molecule has 0 aliphatic carbocycles. The van der Waals surface area contributed by atoms with Gasteiger partial charge in [-0.2, -0.15) is 9.61 Å². The number of aryl methyl sites for hydroxylation is 1. The number of ether oxygens (including phenoxy) is 2. The molecule has 2 heterocycles. The van der Waals surface area contributed by atoms with E-state index in [1.807, 2.05) is 0 Å². The highest BCUT2D eigenvalue weighted by Gasteiger charge is 2.10. The lowest BCUT2D eigenvalue weighted by molar-refractivity contribution is -0.118. The van der Waals surface area contributed by atoms with Crippen molar-refractivity contribution in [3.63, 3.8) is 0 Å². The summed E-state index contributed by atoms with van der Waals surface area (Å²) in [5.74, 6) is 0.152. The van der Waals surface area contributed by atoms with Crippen molar-refractivity contribution >= 4 is 27.9 Å². The average molecular weight is 469 g/mol. The molecule has 1 amide bonds. The highest BCUT2D eigenvalue weighted by atomic mass is 32.1. The molecule has 0 unspecified atom stereocenters. The van der Waals surface area contributed by atoms with E-state index in [0.29, 0.717) is 27.8 Å². The van der Waals surface area contributed by atoms with E-state index in [1.165, 1.54) is 46.2 Å². The van der Waals surface area contributed by atoms with Gasteiger partial charge in [-0.3, -0.25) is 9.59 Å². The van der Waals surface area contributed by atoms with Crippen molar-refractivity contribution in [3.8, 4) is 11.5 Å². The molecule has 0 atom stereocenters. The van der Waals surface area contributed by atoms with E-state index in [2.05, 4.69) is 22.3 Å². The summed E-state index contributed by atoms with van der Waals surface area (Å²) in [7, 11) is 0. The van der Waals surface area contributed by atoms with Crippen LogP contribution in [0.25, 0.3) is 4.96 Å². The standard InChI is InChI=1S/C23H21FN4O4S/c1-2-4-21-27-28-22(30)12-17(26-23(28)33-21)13-31-19-6-3-5-16(11-19)25-20(29)14-32-18-9-7-15(24)8-10-18/h3,5-12H,2,4,13-14H2,1H3,(H,25,29). The number of amides is 1. The first-order valence-electron chi connectivity index (χ1n) is 10.3. The summed E-state index contributed by atoms with van der Waals surface area (Å²) in [6.07, 6.45) is 1.74. The fourth-order valence-electron chi connectivity index (χ4n) is 2.98. The number of carbonyl (C=O) groups excluding carboxylic acids is 1. The Labute approximate surface area is 192 Å². The third-order valence-corrected chi connectivity index (χ3v) is 5.46. The number of nitrogens with zero attached hydrogens (tertiary/aromatic N) is 3. The van der Waals surface area contributed by atoms with Gasteiger partial charge in [0.25, 0.3) is 11.5 Å². The van der Waals surface area contributed by atoms with Gasteiger partial charge < -0.3 is 14.8 Å². The summed E-state index contributed by atoms with van der Waals surface area (Å²) in [6.45, 7) is 1.92. The number of benzene rings is 2. The van der Waals surface area contributed by atoms with E-state index < -0.39 is 0 Å². The first-order chi connectivity index (χ1) is 16.0. The van der Waals surface area contributed by atoms with E-state index in [1.54, 1.807) is 24.3 Å². The minimum Gasteiger partial charge on any atom is -0.487 e. The molecule has 0 bridgehead atoms. The van der Waals surface area contributed by atoms with Crippen LogP contribution in [0, 0.1) is 5.82 Å². The fraction of sp³-hybridized carbons (Fsp3) is 0.217. The lowest BCUT2D eigenvalue weighted by atomic mass is 10.3. The first kappa shape index (κ1) is 22.4. The van der Waals surface area contributed by atoms with Crippen LogP contribution in [0.3, 0.4) is 0 Å². The second kappa shape index (κ2) is 10.2. The largest absolute Gasteiger partial charge is 0.487 e. The third kappa shape index (κ3) is 5.92. The molecule has 0 aliphatic rings. The van der Waals surface area contributed by atoms with Gasteiger partial charge in [0, 0.05) is 24.2 Å². The molecule has 1 N–H and O–H groups in total. The molecular formula is C23H21FN4O4S. The molecule has 4 aromatic rings. The maximum atomic E-state index is 12.9. The van der Waals surface area contributed by atoms with Crippen LogP contribution < -0.4 is 20.3 Å². The SMILES string of the molecule is CCCc1nn2c(=O)cc(COc3cccc(NC(=O)COc4ccc(F)cc4)c3)nc2s1. The summed E-state index contributed by atoms with van der Waals surface area (Å²) in [4.78, 5) is 29.5. The number of hydrogen-bond acceptors (Lipinski definition) is 7. The van der Waals surface area contributed by atoms with Gasteiger partial charge in [-0.15, -0.1) is 0 Å². The van der Waals surface area contributed by atoms with Crippen LogP contribution in [0.1, 0.15) is 24.0 Å². The highest BCUT2D eigenvalue weighted by molar-refractivity contribution is 7.16. The number of aromatic nitrogens is 3. The van der Waals surface area contributed by atoms with Gasteiger partial charge in [-0.25, -0.2) is 9.37 Å². The molecule has 8 nitrogen and oxygen atoms in total. The molecule has 0 aliphatic heterocycles. The van der Waals surface area contributed by atoms with E-state index in [9.17, 15) is 14.0 Å². The molecule has 0 fully saturated rings. The van der Waals surface area contributed by atoms with Gasteiger partial charge in [-0.1, -0.05) is 24.3 Å². The number of fused-ring (bicyclic) bond motifs is 1. The summed E-state index contributed by atoms with van der Waals surface area (Å²) in [5, 5.41) is 7.88. The van der Waals surface area contributed by atoms with Gasteiger partial charge >= 0.3 is 0 Å². The normalized spacial score (nSPS) is 10.8.